The topological polar surface area (TPSA) is 91.4 Å². The average molecular weight is 541 g/mol. The van der Waals surface area contributed by atoms with Gasteiger partial charge in [-0.3, -0.25) is 4.79 Å². The fraction of sp³-hybridized carbons (Fsp3) is 0.600. The highest BCUT2D eigenvalue weighted by atomic mass is 16.6. The summed E-state index contributed by atoms with van der Waals surface area (Å²) < 4.78 is 18.4. The molecule has 1 fully saturated rings. The summed E-state index contributed by atoms with van der Waals surface area (Å²) in [7, 11) is 1.95. The smallest absolute Gasteiger partial charge is 0.465 e. The number of likely N-dealkylation sites (tertiary alicyclic amines) is 1. The lowest BCUT2D eigenvalue weighted by molar-refractivity contribution is -0.146. The monoisotopic (exact) mass is 540 g/mol. The Morgan fingerprint density at radius 3 is 2.31 bits per heavy atom. The van der Waals surface area contributed by atoms with Crippen molar-refractivity contribution in [2.45, 2.75) is 78.4 Å². The number of rotatable bonds is 6. The maximum absolute atomic E-state index is 13.1. The zero-order chi connectivity index (χ0) is 28.8. The van der Waals surface area contributed by atoms with Gasteiger partial charge in [0, 0.05) is 43.7 Å². The van der Waals surface area contributed by atoms with Gasteiger partial charge in [0.2, 0.25) is 0 Å². The molecule has 1 atom stereocenters. The molecule has 9 nitrogen and oxygen atoms in total. The number of benzene rings is 1. The standard InChI is InChI=1S/C30H42N3O6/c1-29(2,3)38-27(35)31-19-22(18-23-20-32(7)25-11-9-8-10-24(23)25)26(34)37-17-14-21-12-15-33(16-13-21)28(36)39-30(4,5)6/h8-11,20-22H,12-18H2,1-7H3/q+1. The lowest BCUT2D eigenvalue weighted by atomic mass is 9.94. The third kappa shape index (κ3) is 9.31. The number of nitrogens with zero attached hydrogens (tertiary/aromatic N) is 3. The van der Waals surface area contributed by atoms with E-state index in [1.807, 2.05) is 62.8 Å². The third-order valence-corrected chi connectivity index (χ3v) is 6.43. The summed E-state index contributed by atoms with van der Waals surface area (Å²) in [6, 6.07) is 10.6. The van der Waals surface area contributed by atoms with Gasteiger partial charge in [-0.25, -0.2) is 4.79 Å². The van der Waals surface area contributed by atoms with Crippen molar-refractivity contribution >= 4 is 29.1 Å². The summed E-state index contributed by atoms with van der Waals surface area (Å²) in [5.74, 6) is -1.01. The number of aryl methyl sites for hydroxylation is 1. The maximum atomic E-state index is 13.1. The van der Waals surface area contributed by atoms with Crippen molar-refractivity contribution in [3.63, 3.8) is 0 Å². The number of esters is 1. The molecular weight excluding hydrogens is 498 g/mol. The molecule has 39 heavy (non-hydrogen) atoms. The van der Waals surface area contributed by atoms with Crippen LogP contribution >= 0.6 is 0 Å². The molecule has 1 saturated heterocycles. The minimum absolute atomic E-state index is 0.246. The highest BCUT2D eigenvalue weighted by molar-refractivity contribution is 5.86. The number of aromatic nitrogens is 1. The summed E-state index contributed by atoms with van der Waals surface area (Å²) in [5, 5.41) is 1.02. The summed E-state index contributed by atoms with van der Waals surface area (Å²) >= 11 is 0. The van der Waals surface area contributed by atoms with E-state index in [4.69, 9.17) is 14.2 Å². The lowest BCUT2D eigenvalue weighted by Crippen LogP contribution is -2.41. The highest BCUT2D eigenvalue weighted by Gasteiger charge is 2.31. The Hall–Kier alpha value is -3.54. The van der Waals surface area contributed by atoms with E-state index < -0.39 is 29.2 Å². The van der Waals surface area contributed by atoms with Crippen molar-refractivity contribution < 1.29 is 28.6 Å². The highest BCUT2D eigenvalue weighted by Crippen LogP contribution is 2.25. The molecule has 0 N–H and O–H groups in total. The van der Waals surface area contributed by atoms with E-state index in [-0.39, 0.29) is 12.7 Å². The average Bonchev–Trinajstić information content (AvgIpc) is 3.15. The largest absolute Gasteiger partial charge is 0.728 e. The molecule has 1 aliphatic rings. The van der Waals surface area contributed by atoms with E-state index in [1.54, 1.807) is 25.7 Å². The van der Waals surface area contributed by atoms with Gasteiger partial charge >= 0.3 is 24.2 Å². The molecule has 2 amide bonds. The predicted molar refractivity (Wildman–Crippen MR) is 150 cm³/mol. The van der Waals surface area contributed by atoms with E-state index in [1.165, 1.54) is 0 Å². The number of ether oxygens (including phenoxy) is 3. The second kappa shape index (κ2) is 12.5. The number of carbonyl (C=O) groups is 3. The Bertz CT molecular complexity index is 1230. The molecule has 9 heteroatoms. The first kappa shape index (κ1) is 30.0. The number of piperidine rings is 1. The molecule has 0 saturated carbocycles. The SMILES string of the molecule is Cn1cc(CC(C#[N+]C(=O)OC(C)(C)C)C(=O)OCCC2CCN(C(=O)OC(C)(C)C)CC2)c2ccccc21. The Labute approximate surface area is 231 Å². The van der Waals surface area contributed by atoms with Crippen molar-refractivity contribution in [1.29, 1.82) is 0 Å². The van der Waals surface area contributed by atoms with Crippen LogP contribution in [0.3, 0.4) is 0 Å². The number of amides is 2. The molecule has 1 aromatic carbocycles. The van der Waals surface area contributed by atoms with Crippen LogP contribution in [0.15, 0.2) is 30.5 Å². The normalized spacial score (nSPS) is 15.3. The van der Waals surface area contributed by atoms with E-state index in [0.29, 0.717) is 31.8 Å². The fourth-order valence-corrected chi connectivity index (χ4v) is 4.56. The van der Waals surface area contributed by atoms with Crippen molar-refractivity contribution in [2.75, 3.05) is 19.7 Å². The van der Waals surface area contributed by atoms with Crippen molar-refractivity contribution in [2.24, 2.45) is 18.9 Å². The molecule has 0 spiro atoms. The molecule has 0 aliphatic carbocycles. The van der Waals surface area contributed by atoms with E-state index in [0.717, 1.165) is 29.3 Å². The second-order valence-electron chi connectivity index (χ2n) is 12.1. The molecule has 3 rings (SSSR count). The molecule has 2 aromatic rings. The minimum atomic E-state index is -0.864. The Kier molecular flexibility index (Phi) is 9.65. The molecule has 212 valence electrons. The van der Waals surface area contributed by atoms with Gasteiger partial charge in [-0.05, 0) is 78.4 Å². The van der Waals surface area contributed by atoms with Crippen LogP contribution in [0.1, 0.15) is 66.4 Å². The van der Waals surface area contributed by atoms with Gasteiger partial charge in [-0.1, -0.05) is 18.2 Å². The van der Waals surface area contributed by atoms with Crippen LogP contribution in [-0.2, 0) is 32.5 Å². The quantitative estimate of drug-likeness (QED) is 0.321. The number of hydrogen-bond donors (Lipinski definition) is 0. The first-order chi connectivity index (χ1) is 18.2. The van der Waals surface area contributed by atoms with E-state index >= 15 is 0 Å². The summed E-state index contributed by atoms with van der Waals surface area (Å²) in [4.78, 5) is 43.1. The lowest BCUT2D eigenvalue weighted by Gasteiger charge is -2.33. The van der Waals surface area contributed by atoms with E-state index in [2.05, 4.69) is 10.9 Å². The summed E-state index contributed by atoms with van der Waals surface area (Å²) in [6.07, 6.45) is 3.51. The Morgan fingerprint density at radius 2 is 1.67 bits per heavy atom. The zero-order valence-corrected chi connectivity index (χ0v) is 24.3. The zero-order valence-electron chi connectivity index (χ0n) is 24.3. The van der Waals surface area contributed by atoms with Crippen molar-refractivity contribution in [3.05, 3.63) is 40.9 Å². The van der Waals surface area contributed by atoms with Crippen LogP contribution in [0, 0.1) is 17.9 Å². The Balaban J connectivity index is 1.61. The second-order valence-corrected chi connectivity index (χ2v) is 12.1. The molecule has 2 heterocycles. The molecule has 1 aromatic heterocycles. The predicted octanol–water partition coefficient (Wildman–Crippen LogP) is 6.19. The molecule has 0 bridgehead atoms. The van der Waals surface area contributed by atoms with Crippen LogP contribution in [0.25, 0.3) is 15.7 Å². The van der Waals surface area contributed by atoms with Crippen molar-refractivity contribution in [1.82, 2.24) is 9.47 Å². The van der Waals surface area contributed by atoms with Crippen LogP contribution in [0.5, 0.6) is 0 Å². The minimum Gasteiger partial charge on any atom is -0.465 e. The number of hydrogen-bond acceptors (Lipinski definition) is 6. The van der Waals surface area contributed by atoms with Gasteiger partial charge in [-0.15, -0.1) is 0 Å². The number of carbonyl (C=O) groups excluding carboxylic acids is 3. The van der Waals surface area contributed by atoms with Gasteiger partial charge in [0.05, 0.1) is 11.5 Å². The summed E-state index contributed by atoms with van der Waals surface area (Å²) in [6.45, 7) is 12.3. The van der Waals surface area contributed by atoms with Gasteiger partial charge in [0.1, 0.15) is 11.2 Å². The number of fused-ring (bicyclic) bond motifs is 1. The molecule has 1 aliphatic heterocycles. The number of para-hydroxylation sites is 1. The van der Waals surface area contributed by atoms with Crippen LogP contribution in [0.4, 0.5) is 9.59 Å². The van der Waals surface area contributed by atoms with Gasteiger partial charge in [0.15, 0.2) is 5.92 Å². The van der Waals surface area contributed by atoms with Crippen LogP contribution < -0.4 is 0 Å². The van der Waals surface area contributed by atoms with Gasteiger partial charge in [0.25, 0.3) is 0 Å². The first-order valence-corrected chi connectivity index (χ1v) is 13.6. The summed E-state index contributed by atoms with van der Waals surface area (Å²) in [5.41, 5.74) is 0.763. The molecular formula is C30H42N3O6+. The maximum Gasteiger partial charge on any atom is 0.728 e. The van der Waals surface area contributed by atoms with Gasteiger partial charge in [-0.2, -0.15) is 4.79 Å². The van der Waals surface area contributed by atoms with Crippen LogP contribution in [-0.4, -0.2) is 58.5 Å². The molecule has 0 radical (unpaired) electrons. The third-order valence-electron chi connectivity index (χ3n) is 6.43. The first-order valence-electron chi connectivity index (χ1n) is 13.6. The van der Waals surface area contributed by atoms with Crippen LogP contribution in [0.2, 0.25) is 0 Å². The van der Waals surface area contributed by atoms with Gasteiger partial charge < -0.3 is 23.7 Å². The fourth-order valence-electron chi connectivity index (χ4n) is 4.56. The Morgan fingerprint density at radius 1 is 1.03 bits per heavy atom. The molecule has 1 unspecified atom stereocenters. The van der Waals surface area contributed by atoms with E-state index in [9.17, 15) is 14.4 Å². The van der Waals surface area contributed by atoms with Crippen molar-refractivity contribution in [3.8, 4) is 6.07 Å².